The Morgan fingerprint density at radius 1 is 1.75 bits per heavy atom. The number of halogens is 1. The van der Waals surface area contributed by atoms with Gasteiger partial charge in [-0.1, -0.05) is 0 Å². The third kappa shape index (κ3) is 2.45. The molecule has 4 nitrogen and oxygen atoms in total. The first-order valence-electron chi connectivity index (χ1n) is 4.90. The van der Waals surface area contributed by atoms with Gasteiger partial charge in [-0.15, -0.1) is 11.3 Å². The van der Waals surface area contributed by atoms with Crippen LogP contribution in [-0.4, -0.2) is 36.4 Å². The number of thiophene rings is 1. The van der Waals surface area contributed by atoms with Gasteiger partial charge in [-0.3, -0.25) is 4.79 Å². The maximum absolute atomic E-state index is 11.9. The lowest BCUT2D eigenvalue weighted by atomic mass is 10.00. The molecule has 0 aliphatic carbocycles. The lowest BCUT2D eigenvalue weighted by Crippen LogP contribution is -2.51. The van der Waals surface area contributed by atoms with E-state index in [0.29, 0.717) is 25.2 Å². The topological polar surface area (TPSA) is 58.6 Å². The molecule has 0 bridgehead atoms. The Labute approximate surface area is 106 Å². The standard InChI is InChI=1S/C10H12BrNO3S/c11-8-3-7(4-16-8)9(14)12-10(5-13)1-2-15-6-10/h3-4,13H,1-2,5-6H2,(H,12,14). The monoisotopic (exact) mass is 305 g/mol. The highest BCUT2D eigenvalue weighted by Gasteiger charge is 2.36. The molecule has 88 valence electrons. The van der Waals surface area contributed by atoms with Crippen LogP contribution in [0, 0.1) is 0 Å². The van der Waals surface area contributed by atoms with Crippen LogP contribution >= 0.6 is 27.3 Å². The Hall–Kier alpha value is -0.430. The van der Waals surface area contributed by atoms with Crippen molar-refractivity contribution in [2.75, 3.05) is 19.8 Å². The number of nitrogens with one attached hydrogen (secondary N) is 1. The van der Waals surface area contributed by atoms with E-state index < -0.39 is 5.54 Å². The Bertz CT molecular complexity index is 387. The van der Waals surface area contributed by atoms with Crippen LogP contribution in [0.15, 0.2) is 15.2 Å². The normalized spacial score (nSPS) is 24.6. The van der Waals surface area contributed by atoms with E-state index in [0.717, 1.165) is 3.79 Å². The average Bonchev–Trinajstić information content (AvgIpc) is 2.88. The van der Waals surface area contributed by atoms with E-state index in [1.165, 1.54) is 11.3 Å². The van der Waals surface area contributed by atoms with E-state index in [1.54, 1.807) is 11.4 Å². The van der Waals surface area contributed by atoms with Gasteiger partial charge in [0.15, 0.2) is 0 Å². The third-order valence-electron chi connectivity index (χ3n) is 2.61. The molecule has 1 saturated heterocycles. The van der Waals surface area contributed by atoms with Gasteiger partial charge < -0.3 is 15.2 Å². The van der Waals surface area contributed by atoms with E-state index in [4.69, 9.17) is 4.74 Å². The van der Waals surface area contributed by atoms with Gasteiger partial charge in [-0.25, -0.2) is 0 Å². The highest BCUT2D eigenvalue weighted by molar-refractivity contribution is 9.11. The number of aliphatic hydroxyl groups is 1. The SMILES string of the molecule is O=C(NC1(CO)CCOC1)c1csc(Br)c1. The minimum Gasteiger partial charge on any atom is -0.394 e. The van der Waals surface area contributed by atoms with Crippen molar-refractivity contribution in [3.63, 3.8) is 0 Å². The van der Waals surface area contributed by atoms with Crippen molar-refractivity contribution >= 4 is 33.2 Å². The molecular weight excluding hydrogens is 294 g/mol. The van der Waals surface area contributed by atoms with Crippen molar-refractivity contribution in [1.82, 2.24) is 5.32 Å². The second-order valence-corrected chi connectivity index (χ2v) is 6.13. The molecule has 0 spiro atoms. The van der Waals surface area contributed by atoms with Gasteiger partial charge in [0.25, 0.3) is 5.91 Å². The van der Waals surface area contributed by atoms with Crippen molar-refractivity contribution in [2.24, 2.45) is 0 Å². The number of hydrogen-bond acceptors (Lipinski definition) is 4. The van der Waals surface area contributed by atoms with E-state index in [-0.39, 0.29) is 12.5 Å². The molecule has 16 heavy (non-hydrogen) atoms. The quantitative estimate of drug-likeness (QED) is 0.887. The van der Waals surface area contributed by atoms with Crippen LogP contribution < -0.4 is 5.32 Å². The van der Waals surface area contributed by atoms with E-state index in [9.17, 15) is 9.90 Å². The van der Waals surface area contributed by atoms with Crippen LogP contribution in [0.25, 0.3) is 0 Å². The molecule has 0 radical (unpaired) electrons. The van der Waals surface area contributed by atoms with Crippen molar-refractivity contribution in [3.8, 4) is 0 Å². The Kier molecular flexibility index (Phi) is 3.63. The maximum Gasteiger partial charge on any atom is 0.252 e. The van der Waals surface area contributed by atoms with E-state index >= 15 is 0 Å². The fourth-order valence-corrected chi connectivity index (χ4v) is 2.75. The van der Waals surface area contributed by atoms with Crippen molar-refractivity contribution in [3.05, 3.63) is 20.8 Å². The highest BCUT2D eigenvalue weighted by atomic mass is 79.9. The number of rotatable bonds is 3. The van der Waals surface area contributed by atoms with Gasteiger partial charge >= 0.3 is 0 Å². The number of amides is 1. The van der Waals surface area contributed by atoms with Crippen LogP contribution in [0.5, 0.6) is 0 Å². The molecule has 1 aliphatic rings. The summed E-state index contributed by atoms with van der Waals surface area (Å²) in [5, 5.41) is 13.9. The molecule has 0 saturated carbocycles. The number of ether oxygens (including phenoxy) is 1. The van der Waals surface area contributed by atoms with Crippen molar-refractivity contribution < 1.29 is 14.6 Å². The molecule has 1 fully saturated rings. The van der Waals surface area contributed by atoms with Crippen molar-refractivity contribution in [2.45, 2.75) is 12.0 Å². The van der Waals surface area contributed by atoms with Crippen LogP contribution in [0.3, 0.4) is 0 Å². The molecule has 2 N–H and O–H groups in total. The van der Waals surface area contributed by atoms with Crippen LogP contribution in [-0.2, 0) is 4.74 Å². The van der Waals surface area contributed by atoms with Gasteiger partial charge in [-0.2, -0.15) is 0 Å². The molecule has 2 heterocycles. The number of hydrogen-bond donors (Lipinski definition) is 2. The van der Waals surface area contributed by atoms with Gasteiger partial charge in [-0.05, 0) is 28.4 Å². The van der Waals surface area contributed by atoms with E-state index in [2.05, 4.69) is 21.2 Å². The average molecular weight is 306 g/mol. The second kappa shape index (κ2) is 4.83. The molecule has 1 aromatic heterocycles. The minimum absolute atomic E-state index is 0.0932. The molecule has 1 unspecified atom stereocenters. The second-order valence-electron chi connectivity index (χ2n) is 3.83. The number of aliphatic hydroxyl groups excluding tert-OH is 1. The molecule has 1 atom stereocenters. The fraction of sp³-hybridized carbons (Fsp3) is 0.500. The van der Waals surface area contributed by atoms with Gasteiger partial charge in [0.05, 0.1) is 28.1 Å². The van der Waals surface area contributed by atoms with Gasteiger partial charge in [0.2, 0.25) is 0 Å². The summed E-state index contributed by atoms with van der Waals surface area (Å²) in [5.74, 6) is -0.165. The zero-order chi connectivity index (χ0) is 11.6. The van der Waals surface area contributed by atoms with Crippen LogP contribution in [0.1, 0.15) is 16.8 Å². The van der Waals surface area contributed by atoms with Gasteiger partial charge in [0, 0.05) is 12.0 Å². The van der Waals surface area contributed by atoms with E-state index in [1.807, 2.05) is 0 Å². The smallest absolute Gasteiger partial charge is 0.252 e. The molecule has 6 heteroatoms. The zero-order valence-corrected chi connectivity index (χ0v) is 10.9. The molecule has 2 rings (SSSR count). The molecule has 0 aromatic carbocycles. The fourth-order valence-electron chi connectivity index (χ4n) is 1.61. The first-order chi connectivity index (χ1) is 7.65. The lowest BCUT2D eigenvalue weighted by Gasteiger charge is -2.25. The van der Waals surface area contributed by atoms with Crippen LogP contribution in [0.2, 0.25) is 0 Å². The first-order valence-corrected chi connectivity index (χ1v) is 6.58. The Balaban J connectivity index is 2.06. The van der Waals surface area contributed by atoms with Gasteiger partial charge in [0.1, 0.15) is 0 Å². The summed E-state index contributed by atoms with van der Waals surface area (Å²) >= 11 is 4.77. The summed E-state index contributed by atoms with van der Waals surface area (Å²) in [7, 11) is 0. The number of carbonyl (C=O) groups is 1. The Morgan fingerprint density at radius 2 is 2.56 bits per heavy atom. The Morgan fingerprint density at radius 3 is 3.06 bits per heavy atom. The summed E-state index contributed by atoms with van der Waals surface area (Å²) in [6.45, 7) is 0.860. The molecule has 1 aromatic rings. The first kappa shape index (κ1) is 12.0. The minimum atomic E-state index is -0.606. The summed E-state index contributed by atoms with van der Waals surface area (Å²) in [4.78, 5) is 11.9. The summed E-state index contributed by atoms with van der Waals surface area (Å²) in [5.41, 5.74) is 0.00230. The maximum atomic E-state index is 11.9. The summed E-state index contributed by atoms with van der Waals surface area (Å²) in [6.07, 6.45) is 0.653. The van der Waals surface area contributed by atoms with Crippen molar-refractivity contribution in [1.29, 1.82) is 0 Å². The number of carbonyl (C=O) groups excluding carboxylic acids is 1. The highest BCUT2D eigenvalue weighted by Crippen LogP contribution is 2.23. The lowest BCUT2D eigenvalue weighted by molar-refractivity contribution is 0.0790. The summed E-state index contributed by atoms with van der Waals surface area (Å²) < 4.78 is 6.13. The zero-order valence-electron chi connectivity index (χ0n) is 8.53. The summed E-state index contributed by atoms with van der Waals surface area (Å²) in [6, 6.07) is 1.76. The predicted molar refractivity (Wildman–Crippen MR) is 64.7 cm³/mol. The predicted octanol–water partition coefficient (Wildman–Crippen LogP) is 1.39. The largest absolute Gasteiger partial charge is 0.394 e. The van der Waals surface area contributed by atoms with Crippen LogP contribution in [0.4, 0.5) is 0 Å². The third-order valence-corrected chi connectivity index (χ3v) is 4.12. The molecule has 1 amide bonds. The molecule has 1 aliphatic heterocycles. The molecular formula is C10H12BrNO3S.